The first kappa shape index (κ1) is 19.3. The molecule has 0 atom stereocenters. The first-order valence-corrected chi connectivity index (χ1v) is 8.83. The lowest BCUT2D eigenvalue weighted by Gasteiger charge is -2.11. The average Bonchev–Trinajstić information content (AvgIpc) is 3.31. The molecule has 9 heteroatoms. The summed E-state index contributed by atoms with van der Waals surface area (Å²) < 4.78 is 42.1. The van der Waals surface area contributed by atoms with Gasteiger partial charge in [-0.3, -0.25) is 9.13 Å². The van der Waals surface area contributed by atoms with Crippen LogP contribution in [0.4, 0.5) is 13.2 Å². The fourth-order valence-corrected chi connectivity index (χ4v) is 3.26. The van der Waals surface area contributed by atoms with E-state index in [1.807, 2.05) is 6.07 Å². The molecule has 6 nitrogen and oxygen atoms in total. The molecular formula is C21H14F3N5O. The zero-order valence-electron chi connectivity index (χ0n) is 15.6. The predicted molar refractivity (Wildman–Crippen MR) is 103 cm³/mol. The van der Waals surface area contributed by atoms with Crippen LogP contribution in [0.2, 0.25) is 0 Å². The molecular weight excluding hydrogens is 395 g/mol. The molecule has 0 aliphatic rings. The van der Waals surface area contributed by atoms with E-state index in [2.05, 4.69) is 9.97 Å². The number of benzene rings is 2. The first-order chi connectivity index (χ1) is 14.3. The van der Waals surface area contributed by atoms with Crippen molar-refractivity contribution >= 4 is 0 Å². The molecule has 1 N–H and O–H groups in total. The van der Waals surface area contributed by atoms with E-state index in [-0.39, 0.29) is 5.69 Å². The first-order valence-electron chi connectivity index (χ1n) is 8.83. The summed E-state index contributed by atoms with van der Waals surface area (Å²) in [4.78, 5) is 19.6. The van der Waals surface area contributed by atoms with E-state index in [0.717, 1.165) is 12.1 Å². The van der Waals surface area contributed by atoms with Crippen molar-refractivity contribution in [3.8, 4) is 29.0 Å². The van der Waals surface area contributed by atoms with Gasteiger partial charge in [0.15, 0.2) is 5.82 Å². The molecule has 0 aliphatic heterocycles. The third kappa shape index (κ3) is 3.28. The Morgan fingerprint density at radius 3 is 2.50 bits per heavy atom. The zero-order valence-corrected chi connectivity index (χ0v) is 15.6. The highest BCUT2D eigenvalue weighted by Gasteiger charge is 2.31. The number of rotatable bonds is 3. The SMILES string of the molecule is Cc1c(-c2nccn2-c2ccc(C#N)cc2)[nH]c(=O)n1-c1cccc(C(F)(F)F)c1. The minimum atomic E-state index is -4.52. The highest BCUT2D eigenvalue weighted by atomic mass is 19.4. The van der Waals surface area contributed by atoms with E-state index in [1.165, 1.54) is 16.7 Å². The number of hydrogen-bond acceptors (Lipinski definition) is 3. The van der Waals surface area contributed by atoms with Gasteiger partial charge < -0.3 is 4.98 Å². The van der Waals surface area contributed by atoms with Crippen LogP contribution in [-0.2, 0) is 6.18 Å². The second kappa shape index (κ2) is 7.08. The maximum Gasteiger partial charge on any atom is 0.416 e. The molecule has 2 aromatic carbocycles. The summed E-state index contributed by atoms with van der Waals surface area (Å²) in [6.45, 7) is 1.63. The van der Waals surface area contributed by atoms with Crippen LogP contribution in [0.15, 0.2) is 65.7 Å². The number of imidazole rings is 2. The van der Waals surface area contributed by atoms with Crippen LogP contribution in [0.25, 0.3) is 22.9 Å². The second-order valence-corrected chi connectivity index (χ2v) is 6.55. The van der Waals surface area contributed by atoms with Gasteiger partial charge in [-0.1, -0.05) is 6.07 Å². The number of H-pyrrole nitrogens is 1. The van der Waals surface area contributed by atoms with Crippen molar-refractivity contribution in [3.05, 3.63) is 88.2 Å². The quantitative estimate of drug-likeness (QED) is 0.550. The molecule has 0 unspecified atom stereocenters. The summed E-state index contributed by atoms with van der Waals surface area (Å²) in [6.07, 6.45) is -1.28. The second-order valence-electron chi connectivity index (χ2n) is 6.55. The Balaban J connectivity index is 1.82. The van der Waals surface area contributed by atoms with Gasteiger partial charge in [0, 0.05) is 18.1 Å². The van der Waals surface area contributed by atoms with Crippen LogP contribution < -0.4 is 5.69 Å². The van der Waals surface area contributed by atoms with Crippen molar-refractivity contribution < 1.29 is 13.2 Å². The van der Waals surface area contributed by atoms with Crippen LogP contribution in [-0.4, -0.2) is 19.1 Å². The normalized spacial score (nSPS) is 11.4. The molecule has 2 aromatic heterocycles. The number of halogens is 3. The van der Waals surface area contributed by atoms with Gasteiger partial charge in [-0.25, -0.2) is 9.78 Å². The van der Waals surface area contributed by atoms with E-state index in [9.17, 15) is 18.0 Å². The molecule has 30 heavy (non-hydrogen) atoms. The van der Waals surface area contributed by atoms with E-state index in [4.69, 9.17) is 5.26 Å². The van der Waals surface area contributed by atoms with E-state index < -0.39 is 17.4 Å². The Bertz CT molecular complexity index is 1320. The maximum absolute atomic E-state index is 13.1. The van der Waals surface area contributed by atoms with Gasteiger partial charge in [0.05, 0.1) is 28.6 Å². The average molecular weight is 409 g/mol. The molecule has 4 rings (SSSR count). The van der Waals surface area contributed by atoms with E-state index in [0.29, 0.717) is 28.5 Å². The highest BCUT2D eigenvalue weighted by molar-refractivity contribution is 5.59. The molecule has 0 saturated heterocycles. The molecule has 4 aromatic rings. The fourth-order valence-electron chi connectivity index (χ4n) is 3.26. The van der Waals surface area contributed by atoms with Crippen molar-refractivity contribution in [1.29, 1.82) is 5.26 Å². The Hall–Kier alpha value is -4.06. The van der Waals surface area contributed by atoms with Gasteiger partial charge in [0.25, 0.3) is 0 Å². The number of nitriles is 1. The summed E-state index contributed by atoms with van der Waals surface area (Å²) in [5.74, 6) is 0.417. The van der Waals surface area contributed by atoms with Crippen LogP contribution in [0.3, 0.4) is 0 Å². The van der Waals surface area contributed by atoms with Gasteiger partial charge in [-0.15, -0.1) is 0 Å². The number of aromatic nitrogens is 4. The Labute approximate surface area is 168 Å². The lowest BCUT2D eigenvalue weighted by molar-refractivity contribution is -0.137. The van der Waals surface area contributed by atoms with Crippen molar-refractivity contribution in [1.82, 2.24) is 19.1 Å². The minimum absolute atomic E-state index is 0.103. The molecule has 2 heterocycles. The third-order valence-corrected chi connectivity index (χ3v) is 4.70. The monoisotopic (exact) mass is 409 g/mol. The van der Waals surface area contributed by atoms with E-state index in [1.54, 1.807) is 48.1 Å². The van der Waals surface area contributed by atoms with Crippen molar-refractivity contribution in [2.24, 2.45) is 0 Å². The molecule has 0 aliphatic carbocycles. The number of alkyl halides is 3. The van der Waals surface area contributed by atoms with E-state index >= 15 is 0 Å². The smallest absolute Gasteiger partial charge is 0.302 e. The Morgan fingerprint density at radius 2 is 1.83 bits per heavy atom. The van der Waals surface area contributed by atoms with Gasteiger partial charge in [0.2, 0.25) is 0 Å². The lowest BCUT2D eigenvalue weighted by Crippen LogP contribution is -2.16. The number of nitrogens with one attached hydrogen (secondary N) is 1. The van der Waals surface area contributed by atoms with Crippen LogP contribution in [0, 0.1) is 18.3 Å². The largest absolute Gasteiger partial charge is 0.416 e. The summed E-state index contributed by atoms with van der Waals surface area (Å²) in [5.41, 5.74) is 0.706. The van der Waals surface area contributed by atoms with Gasteiger partial charge in [-0.05, 0) is 49.4 Å². The zero-order chi connectivity index (χ0) is 21.5. The predicted octanol–water partition coefficient (Wildman–Crippen LogP) is 4.22. The van der Waals surface area contributed by atoms with Gasteiger partial charge >= 0.3 is 11.9 Å². The number of aromatic amines is 1. The van der Waals surface area contributed by atoms with Crippen LogP contribution in [0.5, 0.6) is 0 Å². The lowest BCUT2D eigenvalue weighted by atomic mass is 10.2. The molecule has 150 valence electrons. The summed E-state index contributed by atoms with van der Waals surface area (Å²) in [7, 11) is 0. The van der Waals surface area contributed by atoms with Gasteiger partial charge in [0.1, 0.15) is 5.69 Å². The molecule has 0 saturated carbocycles. The topological polar surface area (TPSA) is 79.4 Å². The summed E-state index contributed by atoms with van der Waals surface area (Å²) in [6, 6.07) is 13.4. The Kier molecular flexibility index (Phi) is 4.54. The van der Waals surface area contributed by atoms with Crippen LogP contribution >= 0.6 is 0 Å². The molecule has 0 bridgehead atoms. The van der Waals surface area contributed by atoms with Crippen molar-refractivity contribution in [3.63, 3.8) is 0 Å². The fraction of sp³-hybridized carbons (Fsp3) is 0.0952. The summed E-state index contributed by atoms with van der Waals surface area (Å²) in [5, 5.41) is 8.96. The molecule has 0 amide bonds. The summed E-state index contributed by atoms with van der Waals surface area (Å²) >= 11 is 0. The minimum Gasteiger partial charge on any atom is -0.302 e. The van der Waals surface area contributed by atoms with Crippen LogP contribution in [0.1, 0.15) is 16.8 Å². The maximum atomic E-state index is 13.1. The number of hydrogen-bond donors (Lipinski definition) is 1. The standard InChI is InChI=1S/C21H14F3N5O/c1-13-18(19-26-9-10-28(19)16-7-5-14(12-25)6-8-16)27-20(30)29(13)17-4-2-3-15(11-17)21(22,23)24/h2-11H,1H3,(H,27,30). The molecule has 0 radical (unpaired) electrons. The third-order valence-electron chi connectivity index (χ3n) is 4.70. The highest BCUT2D eigenvalue weighted by Crippen LogP contribution is 2.31. The van der Waals surface area contributed by atoms with Crippen molar-refractivity contribution in [2.45, 2.75) is 13.1 Å². The molecule has 0 spiro atoms. The van der Waals surface area contributed by atoms with Crippen molar-refractivity contribution in [2.75, 3.05) is 0 Å². The number of nitrogens with zero attached hydrogens (tertiary/aromatic N) is 4. The Morgan fingerprint density at radius 1 is 1.10 bits per heavy atom. The molecule has 0 fully saturated rings. The van der Waals surface area contributed by atoms with Gasteiger partial charge in [-0.2, -0.15) is 18.4 Å².